The molecule has 0 saturated heterocycles. The van der Waals surface area contributed by atoms with Gasteiger partial charge in [-0.05, 0) is 43.2 Å². The summed E-state index contributed by atoms with van der Waals surface area (Å²) in [6.07, 6.45) is 3.93. The van der Waals surface area contributed by atoms with E-state index in [1.54, 1.807) is 31.6 Å². The van der Waals surface area contributed by atoms with Crippen LogP contribution in [0.5, 0.6) is 5.75 Å². The SMILES string of the molecule is COCc1nc(C)ncc1OC[C@@]1(c2cccc(Cl)c2)C[C@H]1C(=O)Nc1ccccn1. The normalized spacial score (nSPS) is 19.6. The molecule has 2 atom stereocenters. The second kappa shape index (κ2) is 8.99. The molecular formula is C23H23ClN4O3. The summed E-state index contributed by atoms with van der Waals surface area (Å²) in [5.74, 6) is 1.34. The third-order valence-corrected chi connectivity index (χ3v) is 5.66. The van der Waals surface area contributed by atoms with Crippen LogP contribution in [-0.4, -0.2) is 34.6 Å². The predicted molar refractivity (Wildman–Crippen MR) is 117 cm³/mol. The van der Waals surface area contributed by atoms with Crippen LogP contribution in [0.1, 0.15) is 23.5 Å². The number of nitrogens with zero attached hydrogens (tertiary/aromatic N) is 3. The summed E-state index contributed by atoms with van der Waals surface area (Å²) in [5.41, 5.74) is 1.13. The minimum atomic E-state index is -0.501. The molecule has 4 rings (SSSR count). The average molecular weight is 439 g/mol. The highest BCUT2D eigenvalue weighted by atomic mass is 35.5. The van der Waals surface area contributed by atoms with Gasteiger partial charge in [-0.2, -0.15) is 0 Å². The zero-order chi connectivity index (χ0) is 21.8. The molecule has 8 heteroatoms. The Balaban J connectivity index is 1.57. The van der Waals surface area contributed by atoms with Gasteiger partial charge in [-0.25, -0.2) is 15.0 Å². The maximum absolute atomic E-state index is 13.0. The molecule has 3 aromatic rings. The van der Waals surface area contributed by atoms with Crippen molar-refractivity contribution in [2.75, 3.05) is 19.0 Å². The Bertz CT molecular complexity index is 1080. The van der Waals surface area contributed by atoms with E-state index in [0.717, 1.165) is 5.56 Å². The van der Waals surface area contributed by atoms with Gasteiger partial charge in [0.1, 0.15) is 17.3 Å². The van der Waals surface area contributed by atoms with E-state index in [-0.39, 0.29) is 18.4 Å². The van der Waals surface area contributed by atoms with E-state index in [1.807, 2.05) is 37.3 Å². The van der Waals surface area contributed by atoms with Crippen molar-refractivity contribution in [1.29, 1.82) is 0 Å². The van der Waals surface area contributed by atoms with Gasteiger partial charge >= 0.3 is 0 Å². The molecule has 1 N–H and O–H groups in total. The summed E-state index contributed by atoms with van der Waals surface area (Å²) in [6, 6.07) is 13.0. The number of methoxy groups -OCH3 is 1. The van der Waals surface area contributed by atoms with Crippen molar-refractivity contribution in [2.45, 2.75) is 25.4 Å². The van der Waals surface area contributed by atoms with Gasteiger partial charge in [-0.1, -0.05) is 29.8 Å². The van der Waals surface area contributed by atoms with Crippen LogP contribution in [0.4, 0.5) is 5.82 Å². The number of ether oxygens (including phenoxy) is 2. The Labute approximate surface area is 185 Å². The molecular weight excluding hydrogens is 416 g/mol. The van der Waals surface area contributed by atoms with Gasteiger partial charge < -0.3 is 14.8 Å². The lowest BCUT2D eigenvalue weighted by Gasteiger charge is -2.20. The number of carbonyl (C=O) groups excluding carboxylic acids is 1. The fourth-order valence-electron chi connectivity index (χ4n) is 3.73. The van der Waals surface area contributed by atoms with E-state index in [1.165, 1.54) is 0 Å². The van der Waals surface area contributed by atoms with E-state index in [4.69, 9.17) is 21.1 Å². The molecule has 2 aromatic heterocycles. The maximum atomic E-state index is 13.0. The van der Waals surface area contributed by atoms with Gasteiger partial charge in [0.15, 0.2) is 5.75 Å². The van der Waals surface area contributed by atoms with Crippen LogP contribution < -0.4 is 10.1 Å². The zero-order valence-electron chi connectivity index (χ0n) is 17.3. The predicted octanol–water partition coefficient (Wildman–Crippen LogP) is 3.96. The van der Waals surface area contributed by atoms with Crippen molar-refractivity contribution in [1.82, 2.24) is 15.0 Å². The summed E-state index contributed by atoms with van der Waals surface area (Å²) in [7, 11) is 1.60. The molecule has 0 spiro atoms. The molecule has 31 heavy (non-hydrogen) atoms. The number of amides is 1. The summed E-state index contributed by atoms with van der Waals surface area (Å²) >= 11 is 6.25. The summed E-state index contributed by atoms with van der Waals surface area (Å²) in [5, 5.41) is 3.51. The van der Waals surface area contributed by atoms with Crippen molar-refractivity contribution in [3.8, 4) is 5.75 Å². The van der Waals surface area contributed by atoms with Gasteiger partial charge in [0.2, 0.25) is 5.91 Å². The lowest BCUT2D eigenvalue weighted by atomic mass is 9.93. The van der Waals surface area contributed by atoms with Gasteiger partial charge in [-0.15, -0.1) is 0 Å². The molecule has 0 aliphatic heterocycles. The maximum Gasteiger partial charge on any atom is 0.229 e. The number of hydrogen-bond donors (Lipinski definition) is 1. The van der Waals surface area contributed by atoms with Crippen LogP contribution in [0.25, 0.3) is 0 Å². The van der Waals surface area contributed by atoms with E-state index < -0.39 is 5.41 Å². The lowest BCUT2D eigenvalue weighted by Crippen LogP contribution is -2.27. The first-order valence-corrected chi connectivity index (χ1v) is 10.3. The van der Waals surface area contributed by atoms with Gasteiger partial charge in [0.25, 0.3) is 0 Å². The number of hydrogen-bond acceptors (Lipinski definition) is 6. The minimum Gasteiger partial charge on any atom is -0.489 e. The smallest absolute Gasteiger partial charge is 0.229 e. The van der Waals surface area contributed by atoms with Crippen molar-refractivity contribution in [3.63, 3.8) is 0 Å². The van der Waals surface area contributed by atoms with E-state index in [9.17, 15) is 4.79 Å². The largest absolute Gasteiger partial charge is 0.489 e. The molecule has 0 radical (unpaired) electrons. The molecule has 1 saturated carbocycles. The van der Waals surface area contributed by atoms with Crippen LogP contribution in [-0.2, 0) is 21.6 Å². The van der Waals surface area contributed by atoms with Crippen LogP contribution in [0.15, 0.2) is 54.9 Å². The Hall–Kier alpha value is -3.03. The lowest BCUT2D eigenvalue weighted by molar-refractivity contribution is -0.117. The van der Waals surface area contributed by atoms with E-state index in [2.05, 4.69) is 20.3 Å². The number of rotatable bonds is 8. The first-order chi connectivity index (χ1) is 15.0. The van der Waals surface area contributed by atoms with E-state index in [0.29, 0.717) is 41.1 Å². The standard InChI is InChI=1S/C23H23ClN4O3/c1-15-26-12-20(19(27-15)13-30-2)31-14-23(16-6-5-7-17(24)10-16)11-18(23)22(29)28-21-8-3-4-9-25-21/h3-10,12,18H,11,13-14H2,1-2H3,(H,25,28,29)/t18-,23+/m0/s1. The molecule has 2 heterocycles. The summed E-state index contributed by atoms with van der Waals surface area (Å²) in [4.78, 5) is 25.8. The number of anilines is 1. The van der Waals surface area contributed by atoms with Crippen LogP contribution >= 0.6 is 11.6 Å². The van der Waals surface area contributed by atoms with Crippen LogP contribution in [0, 0.1) is 12.8 Å². The molecule has 1 amide bonds. The fourth-order valence-corrected chi connectivity index (χ4v) is 3.92. The van der Waals surface area contributed by atoms with Crippen LogP contribution in [0.2, 0.25) is 5.02 Å². The molecule has 1 aliphatic carbocycles. The van der Waals surface area contributed by atoms with E-state index >= 15 is 0 Å². The quantitative estimate of drug-likeness (QED) is 0.573. The highest BCUT2D eigenvalue weighted by Crippen LogP contribution is 2.55. The number of pyridine rings is 1. The number of carbonyl (C=O) groups is 1. The molecule has 0 unspecified atom stereocenters. The molecule has 0 bridgehead atoms. The first-order valence-electron chi connectivity index (χ1n) is 9.94. The highest BCUT2D eigenvalue weighted by molar-refractivity contribution is 6.30. The second-order valence-corrected chi connectivity index (χ2v) is 8.01. The van der Waals surface area contributed by atoms with Crippen molar-refractivity contribution in [3.05, 3.63) is 77.0 Å². The third kappa shape index (κ3) is 4.68. The van der Waals surface area contributed by atoms with Crippen molar-refractivity contribution >= 4 is 23.3 Å². The summed E-state index contributed by atoms with van der Waals surface area (Å²) < 4.78 is 11.4. The van der Waals surface area contributed by atoms with Gasteiger partial charge in [-0.3, -0.25) is 4.79 Å². The topological polar surface area (TPSA) is 86.2 Å². The van der Waals surface area contributed by atoms with Gasteiger partial charge in [0, 0.05) is 23.7 Å². The number of aryl methyl sites for hydroxylation is 1. The Morgan fingerprint density at radius 2 is 2.13 bits per heavy atom. The molecule has 7 nitrogen and oxygen atoms in total. The van der Waals surface area contributed by atoms with Crippen molar-refractivity contribution < 1.29 is 14.3 Å². The monoisotopic (exact) mass is 438 g/mol. The van der Waals surface area contributed by atoms with Crippen LogP contribution in [0.3, 0.4) is 0 Å². The first kappa shape index (κ1) is 21.2. The Morgan fingerprint density at radius 3 is 2.87 bits per heavy atom. The molecule has 1 aromatic carbocycles. The average Bonchev–Trinajstić information content (AvgIpc) is 3.50. The number of benzene rings is 1. The number of halogens is 1. The number of aromatic nitrogens is 3. The zero-order valence-corrected chi connectivity index (χ0v) is 18.1. The molecule has 1 fully saturated rings. The summed E-state index contributed by atoms with van der Waals surface area (Å²) in [6.45, 7) is 2.42. The molecule has 1 aliphatic rings. The second-order valence-electron chi connectivity index (χ2n) is 7.58. The molecule has 160 valence electrons. The minimum absolute atomic E-state index is 0.0976. The van der Waals surface area contributed by atoms with Gasteiger partial charge in [0.05, 0.1) is 25.3 Å². The highest BCUT2D eigenvalue weighted by Gasteiger charge is 2.60. The Morgan fingerprint density at radius 1 is 1.26 bits per heavy atom. The Kier molecular flexibility index (Phi) is 6.15. The third-order valence-electron chi connectivity index (χ3n) is 5.42. The number of nitrogens with one attached hydrogen (secondary N) is 1. The van der Waals surface area contributed by atoms with Crippen molar-refractivity contribution in [2.24, 2.45) is 5.92 Å². The fraction of sp³-hybridized carbons (Fsp3) is 0.304.